The van der Waals surface area contributed by atoms with Crippen molar-refractivity contribution in [2.45, 2.75) is 19.4 Å². The summed E-state index contributed by atoms with van der Waals surface area (Å²) >= 11 is 5.91. The maximum absolute atomic E-state index is 5.91. The molecule has 0 saturated carbocycles. The Bertz CT molecular complexity index is 296. The van der Waals surface area contributed by atoms with Gasteiger partial charge in [-0.1, -0.05) is 29.8 Å². The summed E-state index contributed by atoms with van der Waals surface area (Å²) in [5, 5.41) is 4.19. The van der Waals surface area contributed by atoms with Gasteiger partial charge in [-0.2, -0.15) is 0 Å². The van der Waals surface area contributed by atoms with Crippen LogP contribution in [0.2, 0.25) is 5.02 Å². The highest BCUT2D eigenvalue weighted by atomic mass is 35.5. The highest BCUT2D eigenvalue weighted by molar-refractivity contribution is 6.30. The Morgan fingerprint density at radius 3 is 3.00 bits per heavy atom. The van der Waals surface area contributed by atoms with E-state index in [1.54, 1.807) is 0 Å². The lowest BCUT2D eigenvalue weighted by Crippen LogP contribution is -2.19. The molecule has 1 unspecified atom stereocenters. The first-order valence-corrected chi connectivity index (χ1v) is 5.21. The van der Waals surface area contributed by atoms with Gasteiger partial charge in [0.2, 0.25) is 0 Å². The standard InChI is InChI=1S/C12H16ClN/c1-3-4-8-14-10(2)11-6-5-7-12(13)9-11/h3,5-7,9-10,14H,1,4,8H2,2H3. The molecule has 0 heterocycles. The quantitative estimate of drug-likeness (QED) is 0.578. The zero-order chi connectivity index (χ0) is 10.4. The normalized spacial score (nSPS) is 12.4. The van der Waals surface area contributed by atoms with E-state index in [1.165, 1.54) is 5.56 Å². The predicted octanol–water partition coefficient (Wildman–Crippen LogP) is 3.57. The lowest BCUT2D eigenvalue weighted by Gasteiger charge is -2.13. The van der Waals surface area contributed by atoms with Gasteiger partial charge in [0, 0.05) is 11.1 Å². The third kappa shape index (κ3) is 3.52. The number of halogens is 1. The molecule has 0 bridgehead atoms. The van der Waals surface area contributed by atoms with Crippen LogP contribution in [0.1, 0.15) is 24.9 Å². The molecule has 1 aromatic carbocycles. The van der Waals surface area contributed by atoms with E-state index < -0.39 is 0 Å². The van der Waals surface area contributed by atoms with Crippen molar-refractivity contribution in [2.24, 2.45) is 0 Å². The molecule has 1 aromatic rings. The van der Waals surface area contributed by atoms with Gasteiger partial charge in [0.25, 0.3) is 0 Å². The van der Waals surface area contributed by atoms with E-state index in [2.05, 4.69) is 24.9 Å². The topological polar surface area (TPSA) is 12.0 Å². The van der Waals surface area contributed by atoms with Gasteiger partial charge in [-0.05, 0) is 37.6 Å². The van der Waals surface area contributed by atoms with Crippen molar-refractivity contribution in [1.82, 2.24) is 5.32 Å². The highest BCUT2D eigenvalue weighted by Gasteiger charge is 2.03. The molecule has 0 fully saturated rings. The van der Waals surface area contributed by atoms with Crippen LogP contribution in [-0.4, -0.2) is 6.54 Å². The fourth-order valence-corrected chi connectivity index (χ4v) is 1.49. The molecule has 0 spiro atoms. The van der Waals surface area contributed by atoms with Crippen molar-refractivity contribution in [3.8, 4) is 0 Å². The van der Waals surface area contributed by atoms with Gasteiger partial charge < -0.3 is 5.32 Å². The molecule has 1 N–H and O–H groups in total. The molecule has 0 saturated heterocycles. The zero-order valence-corrected chi connectivity index (χ0v) is 9.22. The Labute approximate surface area is 90.8 Å². The second-order valence-electron chi connectivity index (χ2n) is 3.31. The molecule has 0 aliphatic carbocycles. The lowest BCUT2D eigenvalue weighted by atomic mass is 10.1. The number of hydrogen-bond donors (Lipinski definition) is 1. The summed E-state index contributed by atoms with van der Waals surface area (Å²) in [6.45, 7) is 6.77. The van der Waals surface area contributed by atoms with Crippen molar-refractivity contribution in [2.75, 3.05) is 6.54 Å². The molecule has 2 heteroatoms. The third-order valence-corrected chi connectivity index (χ3v) is 2.38. The number of benzene rings is 1. The van der Waals surface area contributed by atoms with Gasteiger partial charge in [-0.3, -0.25) is 0 Å². The summed E-state index contributed by atoms with van der Waals surface area (Å²) in [5.41, 5.74) is 1.22. The fourth-order valence-electron chi connectivity index (χ4n) is 1.30. The molecule has 1 atom stereocenters. The van der Waals surface area contributed by atoms with Crippen molar-refractivity contribution in [3.05, 3.63) is 47.5 Å². The van der Waals surface area contributed by atoms with E-state index in [1.807, 2.05) is 24.3 Å². The average molecular weight is 210 g/mol. The number of hydrogen-bond acceptors (Lipinski definition) is 1. The van der Waals surface area contributed by atoms with Crippen LogP contribution in [0.15, 0.2) is 36.9 Å². The molecular formula is C12H16ClN. The fraction of sp³-hybridized carbons (Fsp3) is 0.333. The minimum atomic E-state index is 0.341. The highest BCUT2D eigenvalue weighted by Crippen LogP contribution is 2.16. The maximum atomic E-state index is 5.91. The Kier molecular flexibility index (Phi) is 4.71. The molecule has 0 radical (unpaired) electrons. The Hall–Kier alpha value is -0.790. The predicted molar refractivity (Wildman–Crippen MR) is 62.7 cm³/mol. The molecule has 0 amide bonds. The summed E-state index contributed by atoms with van der Waals surface area (Å²) in [6.07, 6.45) is 2.91. The number of rotatable bonds is 5. The van der Waals surface area contributed by atoms with Gasteiger partial charge in [0.15, 0.2) is 0 Å². The van der Waals surface area contributed by atoms with Crippen LogP contribution in [0.4, 0.5) is 0 Å². The summed E-state index contributed by atoms with van der Waals surface area (Å²) in [6, 6.07) is 8.28. The first-order valence-electron chi connectivity index (χ1n) is 4.84. The number of nitrogens with one attached hydrogen (secondary N) is 1. The molecule has 1 rings (SSSR count). The average Bonchev–Trinajstić information content (AvgIpc) is 2.18. The van der Waals surface area contributed by atoms with Gasteiger partial charge in [0.05, 0.1) is 0 Å². The van der Waals surface area contributed by atoms with Crippen LogP contribution >= 0.6 is 11.6 Å². The summed E-state index contributed by atoms with van der Waals surface area (Å²) in [5.74, 6) is 0. The molecule has 0 aromatic heterocycles. The van der Waals surface area contributed by atoms with Crippen LogP contribution in [-0.2, 0) is 0 Å². The second kappa shape index (κ2) is 5.84. The minimum absolute atomic E-state index is 0.341. The first-order chi connectivity index (χ1) is 6.74. The van der Waals surface area contributed by atoms with Crippen molar-refractivity contribution >= 4 is 11.6 Å². The van der Waals surface area contributed by atoms with Crippen molar-refractivity contribution < 1.29 is 0 Å². The smallest absolute Gasteiger partial charge is 0.0409 e. The third-order valence-electron chi connectivity index (χ3n) is 2.15. The van der Waals surface area contributed by atoms with Gasteiger partial charge in [-0.25, -0.2) is 0 Å². The van der Waals surface area contributed by atoms with E-state index in [0.29, 0.717) is 6.04 Å². The maximum Gasteiger partial charge on any atom is 0.0409 e. The molecule has 1 nitrogen and oxygen atoms in total. The van der Waals surface area contributed by atoms with Crippen LogP contribution in [0.25, 0.3) is 0 Å². The monoisotopic (exact) mass is 209 g/mol. The van der Waals surface area contributed by atoms with Gasteiger partial charge in [0.1, 0.15) is 0 Å². The van der Waals surface area contributed by atoms with E-state index in [0.717, 1.165) is 18.0 Å². The lowest BCUT2D eigenvalue weighted by molar-refractivity contribution is 0.581. The van der Waals surface area contributed by atoms with E-state index in [4.69, 9.17) is 11.6 Å². The van der Waals surface area contributed by atoms with Gasteiger partial charge in [-0.15, -0.1) is 6.58 Å². The van der Waals surface area contributed by atoms with Crippen LogP contribution in [0.3, 0.4) is 0 Å². The molecule has 0 aliphatic rings. The van der Waals surface area contributed by atoms with E-state index >= 15 is 0 Å². The molecular weight excluding hydrogens is 194 g/mol. The summed E-state index contributed by atoms with van der Waals surface area (Å²) in [4.78, 5) is 0. The molecule has 76 valence electrons. The van der Waals surface area contributed by atoms with Crippen LogP contribution in [0, 0.1) is 0 Å². The second-order valence-corrected chi connectivity index (χ2v) is 3.74. The Morgan fingerprint density at radius 2 is 2.36 bits per heavy atom. The summed E-state index contributed by atoms with van der Waals surface area (Å²) in [7, 11) is 0. The SMILES string of the molecule is C=CCCNC(C)c1cccc(Cl)c1. The Balaban J connectivity index is 2.51. The van der Waals surface area contributed by atoms with Crippen LogP contribution < -0.4 is 5.32 Å². The van der Waals surface area contributed by atoms with Crippen molar-refractivity contribution in [1.29, 1.82) is 0 Å². The van der Waals surface area contributed by atoms with Crippen molar-refractivity contribution in [3.63, 3.8) is 0 Å². The first kappa shape index (κ1) is 11.3. The summed E-state index contributed by atoms with van der Waals surface area (Å²) < 4.78 is 0. The Morgan fingerprint density at radius 1 is 1.57 bits per heavy atom. The minimum Gasteiger partial charge on any atom is -0.310 e. The molecule has 0 aliphatic heterocycles. The van der Waals surface area contributed by atoms with Crippen LogP contribution in [0.5, 0.6) is 0 Å². The van der Waals surface area contributed by atoms with E-state index in [-0.39, 0.29) is 0 Å². The van der Waals surface area contributed by atoms with Gasteiger partial charge >= 0.3 is 0 Å². The largest absolute Gasteiger partial charge is 0.310 e. The van der Waals surface area contributed by atoms with E-state index in [9.17, 15) is 0 Å². The molecule has 14 heavy (non-hydrogen) atoms. The zero-order valence-electron chi connectivity index (χ0n) is 8.46.